The summed E-state index contributed by atoms with van der Waals surface area (Å²) in [6.07, 6.45) is 0. The van der Waals surface area contributed by atoms with Crippen LogP contribution in [0.5, 0.6) is 0 Å². The Hall–Kier alpha value is 2.35. The van der Waals surface area contributed by atoms with Crippen molar-refractivity contribution in [3.8, 4) is 0 Å². The Kier molecular flexibility index (Phi) is 377. The zero-order chi connectivity index (χ0) is 10.7. The second-order valence-corrected chi connectivity index (χ2v) is 0.344. The van der Waals surface area contributed by atoms with Crippen LogP contribution in [0.4, 0.5) is 0 Å². The van der Waals surface area contributed by atoms with E-state index in [2.05, 4.69) is 15.7 Å². The molecule has 0 saturated heterocycles. The van der Waals surface area contributed by atoms with Crippen molar-refractivity contribution < 1.29 is 72.9 Å². The van der Waals surface area contributed by atoms with E-state index in [0.29, 0.717) is 23.0 Å². The van der Waals surface area contributed by atoms with Gasteiger partial charge in [-0.3, -0.25) is 0 Å². The summed E-state index contributed by atoms with van der Waals surface area (Å²) in [4.78, 5) is 0. The van der Waals surface area contributed by atoms with Crippen LogP contribution in [0.25, 0.3) is 0 Å². The molecule has 11 heteroatoms. The molecule has 6 nitrogen and oxygen atoms in total. The molecule has 0 aliphatic carbocycles. The van der Waals surface area contributed by atoms with Gasteiger partial charge in [-0.05, 0) is 0 Å². The van der Waals surface area contributed by atoms with E-state index < -0.39 is 19.1 Å². The fourth-order valence-corrected chi connectivity index (χ4v) is 0. The van der Waals surface area contributed by atoms with E-state index in [1.807, 2.05) is 0 Å². The Morgan fingerprint density at radius 3 is 1.09 bits per heavy atom. The Labute approximate surface area is 118 Å². The normalized spacial score (nSPS) is 2.45. The average molecular weight is 601 g/mol. The van der Waals surface area contributed by atoms with Gasteiger partial charge in [0.25, 0.3) is 0 Å². The molecule has 0 fully saturated rings. The van der Waals surface area contributed by atoms with Crippen LogP contribution < -0.4 is 0 Å². The van der Waals surface area contributed by atoms with Crippen LogP contribution in [-0.4, -0.2) is 47.7 Å². The molecule has 0 radical (unpaired) electrons. The molecule has 0 bridgehead atoms. The summed E-state index contributed by atoms with van der Waals surface area (Å²) in [5, 5.41) is 0. The molecule has 0 rings (SSSR count). The third-order valence-electron chi connectivity index (χ3n) is 0. The summed E-state index contributed by atoms with van der Waals surface area (Å²) in [5.74, 6) is 0. The molecule has 0 N–H and O–H groups in total. The van der Waals surface area contributed by atoms with Gasteiger partial charge in [0.05, 0.1) is 0 Å². The van der Waals surface area contributed by atoms with Gasteiger partial charge in [-0.1, -0.05) is 0 Å². The van der Waals surface area contributed by atoms with E-state index in [1.165, 1.54) is 0 Å². The van der Waals surface area contributed by atoms with E-state index >= 15 is 0 Å². The van der Waals surface area contributed by atoms with Crippen LogP contribution in [0.3, 0.4) is 0 Å². The predicted octanol–water partition coefficient (Wildman–Crippen LogP) is -2.02. The number of rotatable bonds is 0. The standard InChI is InChI=1S/Bi.Co.6O.Sb.Ti.Zn.2H. The Balaban J connectivity index is -0.0000000139. The number of hydrogen-bond donors (Lipinski definition) is 0. The van der Waals surface area contributed by atoms with Crippen molar-refractivity contribution in [2.75, 3.05) is 0 Å². The van der Waals surface area contributed by atoms with E-state index in [-0.39, 0.29) is 43.0 Å². The molecule has 0 saturated carbocycles. The van der Waals surface area contributed by atoms with E-state index in [9.17, 15) is 0 Å². The van der Waals surface area contributed by atoms with Crippen LogP contribution in [0.15, 0.2) is 0 Å². The molecule has 0 amide bonds. The summed E-state index contributed by atoms with van der Waals surface area (Å²) < 4.78 is 50.0. The van der Waals surface area contributed by atoms with Crippen molar-refractivity contribution in [2.24, 2.45) is 0 Å². The minimum absolute atomic E-state index is 0.0556. The van der Waals surface area contributed by atoms with Gasteiger partial charge < -0.3 is 0 Å². The van der Waals surface area contributed by atoms with Crippen molar-refractivity contribution in [1.29, 1.82) is 0 Å². The van der Waals surface area contributed by atoms with Crippen molar-refractivity contribution in [3.05, 3.63) is 0 Å². The van der Waals surface area contributed by atoms with Crippen LogP contribution in [-0.2, 0) is 72.9 Å². The van der Waals surface area contributed by atoms with Gasteiger partial charge in [0, 0.05) is 0 Å². The Morgan fingerprint density at radius 2 is 1.09 bits per heavy atom. The molecule has 0 aliphatic rings. The fraction of sp³-hybridized carbons (Fsp3) is 0. The van der Waals surface area contributed by atoms with Crippen molar-refractivity contribution in [1.82, 2.24) is 0 Å². The molecule has 0 aromatic carbocycles. The topological polar surface area (TPSA) is 102 Å². The Morgan fingerprint density at radius 1 is 1.09 bits per heavy atom. The van der Waals surface area contributed by atoms with Gasteiger partial charge >= 0.3 is 121 Å². The third kappa shape index (κ3) is 240. The SMILES string of the molecule is [O]=[BiH].[O]=[Co].[O]=[SbH].[O]=[Ti]=[O].[O]=[Zn]. The molecule has 0 aromatic rings. The van der Waals surface area contributed by atoms with Crippen molar-refractivity contribution >= 4 is 47.7 Å². The van der Waals surface area contributed by atoms with Gasteiger partial charge in [-0.25, -0.2) is 0 Å². The van der Waals surface area contributed by atoms with E-state index in [1.54, 1.807) is 0 Å². The van der Waals surface area contributed by atoms with Gasteiger partial charge in [-0.15, -0.1) is 0 Å². The summed E-state index contributed by atoms with van der Waals surface area (Å²) in [6.45, 7) is 0. The maximum absolute atomic E-state index is 8.50. The zero-order valence-corrected chi connectivity index (χ0v) is 17.3. The molecule has 0 aliphatic heterocycles. The Bertz CT molecular complexity index is 71.0. The number of hydrogen-bond acceptors (Lipinski definition) is 6. The zero-order valence-electron chi connectivity index (χ0n) is 4.99. The molecule has 0 aromatic heterocycles. The predicted molar refractivity (Wildman–Crippen MR) is 18.4 cm³/mol. The van der Waals surface area contributed by atoms with Crippen LogP contribution >= 0.6 is 0 Å². The molecule has 0 unspecified atom stereocenters. The molecule has 0 spiro atoms. The first-order valence-corrected chi connectivity index (χ1v) is 6.90. The molecular weight excluding hydrogens is 599 g/mol. The first-order valence-electron chi connectivity index (χ1n) is 1.24. The first kappa shape index (κ1) is 29.2. The van der Waals surface area contributed by atoms with Crippen molar-refractivity contribution in [3.63, 3.8) is 0 Å². The molecule has 11 heavy (non-hydrogen) atoms. The fourth-order valence-electron chi connectivity index (χ4n) is 0. The minimum atomic E-state index is -2.00. The molecular formula is H2BiCoO6SbTiZn. The van der Waals surface area contributed by atoms with Crippen LogP contribution in [0.2, 0.25) is 0 Å². The quantitative estimate of drug-likeness (QED) is 0.298. The summed E-state index contributed by atoms with van der Waals surface area (Å²) >= 11 is 0.793. The molecule has 0 heterocycles. The van der Waals surface area contributed by atoms with Gasteiger partial charge in [0.1, 0.15) is 0 Å². The molecule has 0 atom stereocenters. The van der Waals surface area contributed by atoms with Gasteiger partial charge in [-0.2, -0.15) is 0 Å². The summed E-state index contributed by atoms with van der Waals surface area (Å²) in [6, 6.07) is 0. The summed E-state index contributed by atoms with van der Waals surface area (Å²) in [7, 11) is 0. The monoisotopic (exact) mass is 599 g/mol. The summed E-state index contributed by atoms with van der Waals surface area (Å²) in [5.41, 5.74) is 0. The van der Waals surface area contributed by atoms with Crippen LogP contribution in [0, 0.1) is 0 Å². The average Bonchev–Trinajstić information content (AvgIpc) is 2.18. The second kappa shape index (κ2) is 142. The third-order valence-corrected chi connectivity index (χ3v) is 0. The molecule has 63 valence electrons. The van der Waals surface area contributed by atoms with Crippen LogP contribution in [0.1, 0.15) is 0 Å². The van der Waals surface area contributed by atoms with E-state index in [4.69, 9.17) is 19.9 Å². The van der Waals surface area contributed by atoms with E-state index in [0.717, 1.165) is 0 Å². The first-order chi connectivity index (χ1) is 5.41. The van der Waals surface area contributed by atoms with Gasteiger partial charge in [0.2, 0.25) is 0 Å². The van der Waals surface area contributed by atoms with Crippen molar-refractivity contribution in [2.45, 2.75) is 0 Å². The maximum atomic E-state index is 8.50. The van der Waals surface area contributed by atoms with Gasteiger partial charge in [0.15, 0.2) is 0 Å². The second-order valence-electron chi connectivity index (χ2n) is 0.0833.